The molecule has 1 aliphatic rings. The molecule has 0 spiro atoms. The molecule has 3 N–H and O–H groups in total. The topological polar surface area (TPSA) is 98.3 Å². The van der Waals surface area contributed by atoms with Gasteiger partial charge in [-0.25, -0.2) is 0 Å². The van der Waals surface area contributed by atoms with Gasteiger partial charge in [0, 0.05) is 18.5 Å². The summed E-state index contributed by atoms with van der Waals surface area (Å²) >= 11 is 0. The van der Waals surface area contributed by atoms with Crippen LogP contribution in [0.4, 0.5) is 11.4 Å². The van der Waals surface area contributed by atoms with Gasteiger partial charge >= 0.3 is 0 Å². The molecule has 2 atom stereocenters. The number of nitrogens with two attached hydrogens (primary N) is 1. The first kappa shape index (κ1) is 17.4. The maximum absolute atomic E-state index is 12.0. The number of carbonyl (C=O) groups is 1. The molecule has 0 heterocycles. The zero-order valence-corrected chi connectivity index (χ0v) is 12.7. The molecule has 21 heavy (non-hydrogen) atoms. The average Bonchev–Trinajstić information content (AvgIpc) is 2.77. The summed E-state index contributed by atoms with van der Waals surface area (Å²) < 4.78 is 0. The van der Waals surface area contributed by atoms with Gasteiger partial charge in [-0.1, -0.05) is 12.5 Å². The normalized spacial score (nSPS) is 20.7. The molecule has 1 fully saturated rings. The Kier molecular flexibility index (Phi) is 6.11. The van der Waals surface area contributed by atoms with Gasteiger partial charge in [-0.15, -0.1) is 12.4 Å². The Morgan fingerprint density at radius 3 is 2.76 bits per heavy atom. The van der Waals surface area contributed by atoms with E-state index in [2.05, 4.69) is 5.32 Å². The van der Waals surface area contributed by atoms with Crippen LogP contribution in [0.25, 0.3) is 0 Å². The fourth-order valence-corrected chi connectivity index (χ4v) is 2.71. The van der Waals surface area contributed by atoms with Gasteiger partial charge in [0.25, 0.3) is 5.69 Å². The van der Waals surface area contributed by atoms with Gasteiger partial charge in [-0.05, 0) is 31.7 Å². The van der Waals surface area contributed by atoms with E-state index in [-0.39, 0.29) is 36.0 Å². The summed E-state index contributed by atoms with van der Waals surface area (Å²) in [5, 5.41) is 13.6. The van der Waals surface area contributed by atoms with Crippen molar-refractivity contribution in [3.63, 3.8) is 0 Å². The molecule has 6 nitrogen and oxygen atoms in total. The third-order valence-corrected chi connectivity index (χ3v) is 3.94. The predicted molar refractivity (Wildman–Crippen MR) is 83.6 cm³/mol. The maximum Gasteiger partial charge on any atom is 0.274 e. The van der Waals surface area contributed by atoms with Crippen LogP contribution in [0.5, 0.6) is 0 Å². The Balaban J connectivity index is 0.00000220. The molecule has 0 radical (unpaired) electrons. The van der Waals surface area contributed by atoms with Crippen LogP contribution in [-0.2, 0) is 4.79 Å². The Morgan fingerprint density at radius 2 is 2.19 bits per heavy atom. The molecular weight excluding hydrogens is 294 g/mol. The number of anilines is 1. The first-order valence-electron chi connectivity index (χ1n) is 6.78. The smallest absolute Gasteiger partial charge is 0.274 e. The minimum atomic E-state index is -0.447. The highest BCUT2D eigenvalue weighted by Crippen LogP contribution is 2.28. The van der Waals surface area contributed by atoms with Crippen molar-refractivity contribution in [3.8, 4) is 0 Å². The molecule has 1 aromatic rings. The van der Waals surface area contributed by atoms with Crippen molar-refractivity contribution >= 4 is 29.7 Å². The van der Waals surface area contributed by atoms with Crippen LogP contribution in [0.3, 0.4) is 0 Å². The Labute approximate surface area is 129 Å². The highest BCUT2D eigenvalue weighted by Gasteiger charge is 2.26. The molecule has 1 aromatic carbocycles. The molecule has 0 aromatic heterocycles. The summed E-state index contributed by atoms with van der Waals surface area (Å²) in [6.45, 7) is 1.63. The van der Waals surface area contributed by atoms with Crippen molar-refractivity contribution < 1.29 is 9.72 Å². The summed E-state index contributed by atoms with van der Waals surface area (Å²) in [5.41, 5.74) is 6.93. The van der Waals surface area contributed by atoms with E-state index >= 15 is 0 Å². The standard InChI is InChI=1S/C14H19N3O3.ClH/c1-9-12(6-3-7-13(9)17(19)20)16-14(18)8-10-4-2-5-11(10)15;/h3,6-7,10-11H,2,4-5,8,15H2,1H3,(H,16,18);1H/t10-,11+;/m0./s1. The molecule has 0 bridgehead atoms. The van der Waals surface area contributed by atoms with E-state index < -0.39 is 4.92 Å². The lowest BCUT2D eigenvalue weighted by Crippen LogP contribution is -2.28. The Bertz CT molecular complexity index is 536. The fourth-order valence-electron chi connectivity index (χ4n) is 2.71. The number of carbonyl (C=O) groups excluding carboxylic acids is 1. The molecule has 2 rings (SSSR count). The number of amides is 1. The summed E-state index contributed by atoms with van der Waals surface area (Å²) in [6.07, 6.45) is 3.38. The van der Waals surface area contributed by atoms with Crippen LogP contribution in [0.2, 0.25) is 0 Å². The lowest BCUT2D eigenvalue weighted by Gasteiger charge is -2.15. The van der Waals surface area contributed by atoms with Crippen LogP contribution >= 0.6 is 12.4 Å². The molecule has 116 valence electrons. The Hall–Kier alpha value is -1.66. The number of nitrogens with zero attached hydrogens (tertiary/aromatic N) is 1. The van der Waals surface area contributed by atoms with Crippen LogP contribution in [-0.4, -0.2) is 16.9 Å². The van der Waals surface area contributed by atoms with Crippen molar-refractivity contribution in [1.82, 2.24) is 0 Å². The van der Waals surface area contributed by atoms with Gasteiger partial charge in [0.1, 0.15) is 0 Å². The third kappa shape index (κ3) is 4.15. The monoisotopic (exact) mass is 313 g/mol. The SMILES string of the molecule is Cc1c(NC(=O)C[C@@H]2CCC[C@H]2N)cccc1[N+](=O)[O-].Cl. The summed E-state index contributed by atoms with van der Waals surface area (Å²) in [7, 11) is 0. The van der Waals surface area contributed by atoms with Gasteiger partial charge < -0.3 is 11.1 Å². The van der Waals surface area contributed by atoms with E-state index in [1.807, 2.05) is 0 Å². The second-order valence-corrected chi connectivity index (χ2v) is 5.31. The highest BCUT2D eigenvalue weighted by molar-refractivity contribution is 5.92. The molecular formula is C14H20ClN3O3. The first-order chi connectivity index (χ1) is 9.49. The first-order valence-corrected chi connectivity index (χ1v) is 6.78. The van der Waals surface area contributed by atoms with Crippen molar-refractivity contribution in [2.75, 3.05) is 5.32 Å². The van der Waals surface area contributed by atoms with Gasteiger partial charge in [-0.3, -0.25) is 14.9 Å². The van der Waals surface area contributed by atoms with Crippen molar-refractivity contribution in [1.29, 1.82) is 0 Å². The molecule has 1 saturated carbocycles. The van der Waals surface area contributed by atoms with Crippen molar-refractivity contribution in [2.45, 2.75) is 38.6 Å². The second-order valence-electron chi connectivity index (χ2n) is 5.31. The second kappa shape index (κ2) is 7.38. The number of hydrogen-bond acceptors (Lipinski definition) is 4. The Morgan fingerprint density at radius 1 is 1.48 bits per heavy atom. The van der Waals surface area contributed by atoms with Gasteiger partial charge in [0.05, 0.1) is 16.2 Å². The van der Waals surface area contributed by atoms with Crippen LogP contribution in [0.15, 0.2) is 18.2 Å². The average molecular weight is 314 g/mol. The van der Waals surface area contributed by atoms with Gasteiger partial charge in [0.2, 0.25) is 5.91 Å². The number of hydrogen-bond donors (Lipinski definition) is 2. The number of nitro groups is 1. The summed E-state index contributed by atoms with van der Waals surface area (Å²) in [6, 6.07) is 4.77. The predicted octanol–water partition coefficient (Wildman–Crippen LogP) is 2.78. The van der Waals surface area contributed by atoms with Crippen LogP contribution in [0, 0.1) is 23.0 Å². The summed E-state index contributed by atoms with van der Waals surface area (Å²) in [5.74, 6) is 0.0879. The zero-order valence-electron chi connectivity index (χ0n) is 11.9. The van der Waals surface area contributed by atoms with E-state index in [0.29, 0.717) is 17.7 Å². The van der Waals surface area contributed by atoms with E-state index in [1.54, 1.807) is 19.1 Å². The number of benzene rings is 1. The molecule has 1 aliphatic carbocycles. The lowest BCUT2D eigenvalue weighted by atomic mass is 10.00. The lowest BCUT2D eigenvalue weighted by molar-refractivity contribution is -0.385. The summed E-state index contributed by atoms with van der Waals surface area (Å²) in [4.78, 5) is 22.4. The quantitative estimate of drug-likeness (QED) is 0.659. The van der Waals surface area contributed by atoms with E-state index in [1.165, 1.54) is 6.07 Å². The molecule has 7 heteroatoms. The highest BCUT2D eigenvalue weighted by atomic mass is 35.5. The maximum atomic E-state index is 12.0. The number of rotatable bonds is 4. The van der Waals surface area contributed by atoms with Crippen molar-refractivity contribution in [3.05, 3.63) is 33.9 Å². The molecule has 0 saturated heterocycles. The van der Waals surface area contributed by atoms with Crippen LogP contribution < -0.4 is 11.1 Å². The van der Waals surface area contributed by atoms with Gasteiger partial charge in [0.15, 0.2) is 0 Å². The van der Waals surface area contributed by atoms with Crippen LogP contribution in [0.1, 0.15) is 31.2 Å². The number of halogens is 1. The molecule has 0 aliphatic heterocycles. The zero-order chi connectivity index (χ0) is 14.7. The number of nitro benzene ring substituents is 1. The molecule has 0 unspecified atom stereocenters. The minimum absolute atomic E-state index is 0. The van der Waals surface area contributed by atoms with Gasteiger partial charge in [-0.2, -0.15) is 0 Å². The van der Waals surface area contributed by atoms with E-state index in [9.17, 15) is 14.9 Å². The minimum Gasteiger partial charge on any atom is -0.327 e. The molecule has 1 amide bonds. The third-order valence-electron chi connectivity index (χ3n) is 3.94. The fraction of sp³-hybridized carbons (Fsp3) is 0.500. The largest absolute Gasteiger partial charge is 0.327 e. The van der Waals surface area contributed by atoms with E-state index in [0.717, 1.165) is 19.3 Å². The van der Waals surface area contributed by atoms with E-state index in [4.69, 9.17) is 5.73 Å². The number of nitrogens with one attached hydrogen (secondary N) is 1. The van der Waals surface area contributed by atoms with Crippen molar-refractivity contribution in [2.24, 2.45) is 11.7 Å².